The Hall–Kier alpha value is -2.49. The van der Waals surface area contributed by atoms with E-state index in [1.165, 1.54) is 0 Å². The van der Waals surface area contributed by atoms with Crippen LogP contribution in [-0.4, -0.2) is 20.1 Å². The fourth-order valence-electron chi connectivity index (χ4n) is 2.13. The van der Waals surface area contributed by atoms with Crippen LogP contribution in [0.4, 0.5) is 5.69 Å². The topological polar surface area (TPSA) is 47.6 Å². The number of rotatable bonds is 4. The molecule has 0 aromatic heterocycles. The molecule has 0 bridgehead atoms. The van der Waals surface area contributed by atoms with E-state index in [2.05, 4.69) is 5.32 Å². The Morgan fingerprint density at radius 2 is 1.62 bits per heavy atom. The zero-order valence-electron chi connectivity index (χ0n) is 12.7. The van der Waals surface area contributed by atoms with Gasteiger partial charge in [0.25, 0.3) is 5.91 Å². The number of hydrogen-bond acceptors (Lipinski definition) is 3. The van der Waals surface area contributed by atoms with Crippen LogP contribution in [0, 0.1) is 13.8 Å². The molecule has 2 aromatic rings. The quantitative estimate of drug-likeness (QED) is 0.934. The summed E-state index contributed by atoms with van der Waals surface area (Å²) < 4.78 is 10.5. The first-order chi connectivity index (χ1) is 10.0. The van der Waals surface area contributed by atoms with Gasteiger partial charge in [0.1, 0.15) is 11.5 Å². The van der Waals surface area contributed by atoms with Crippen LogP contribution < -0.4 is 14.8 Å². The molecule has 0 spiro atoms. The van der Waals surface area contributed by atoms with Gasteiger partial charge in [-0.3, -0.25) is 4.79 Å². The summed E-state index contributed by atoms with van der Waals surface area (Å²) in [6.07, 6.45) is 0. The fraction of sp³-hybridized carbons (Fsp3) is 0.235. The maximum absolute atomic E-state index is 12.3. The molecule has 0 aliphatic rings. The van der Waals surface area contributed by atoms with Crippen LogP contribution in [0.15, 0.2) is 36.4 Å². The van der Waals surface area contributed by atoms with E-state index in [-0.39, 0.29) is 5.91 Å². The largest absolute Gasteiger partial charge is 0.496 e. The van der Waals surface area contributed by atoms with Crippen molar-refractivity contribution >= 4 is 11.6 Å². The molecule has 1 amide bonds. The van der Waals surface area contributed by atoms with Crippen molar-refractivity contribution in [3.05, 3.63) is 53.1 Å². The van der Waals surface area contributed by atoms with Gasteiger partial charge in [0.2, 0.25) is 0 Å². The first-order valence-electron chi connectivity index (χ1n) is 6.65. The Bertz CT molecular complexity index is 665. The van der Waals surface area contributed by atoms with Gasteiger partial charge in [0.05, 0.1) is 19.9 Å². The second-order valence-electron chi connectivity index (χ2n) is 4.84. The van der Waals surface area contributed by atoms with Crippen molar-refractivity contribution < 1.29 is 14.3 Å². The highest BCUT2D eigenvalue weighted by molar-refractivity contribution is 6.05. The highest BCUT2D eigenvalue weighted by atomic mass is 16.5. The van der Waals surface area contributed by atoms with Crippen molar-refractivity contribution in [2.45, 2.75) is 13.8 Å². The molecule has 110 valence electrons. The van der Waals surface area contributed by atoms with Crippen LogP contribution in [0.5, 0.6) is 11.5 Å². The second-order valence-corrected chi connectivity index (χ2v) is 4.84. The summed E-state index contributed by atoms with van der Waals surface area (Å²) in [6.45, 7) is 3.87. The molecule has 1 N–H and O–H groups in total. The number of methoxy groups -OCH3 is 2. The summed E-state index contributed by atoms with van der Waals surface area (Å²) in [6, 6.07) is 11.0. The van der Waals surface area contributed by atoms with Gasteiger partial charge in [0.15, 0.2) is 0 Å². The lowest BCUT2D eigenvalue weighted by Gasteiger charge is -2.12. The molecule has 0 aliphatic carbocycles. The monoisotopic (exact) mass is 285 g/mol. The van der Waals surface area contributed by atoms with E-state index in [0.29, 0.717) is 17.0 Å². The number of anilines is 1. The van der Waals surface area contributed by atoms with E-state index in [4.69, 9.17) is 9.47 Å². The van der Waals surface area contributed by atoms with Crippen molar-refractivity contribution in [1.82, 2.24) is 0 Å². The first-order valence-corrected chi connectivity index (χ1v) is 6.65. The van der Waals surface area contributed by atoms with E-state index >= 15 is 0 Å². The molecular formula is C17H19NO3. The molecular weight excluding hydrogens is 266 g/mol. The minimum atomic E-state index is -0.176. The predicted molar refractivity (Wildman–Crippen MR) is 83.4 cm³/mol. The Balaban J connectivity index is 2.26. The molecule has 0 unspecified atom stereocenters. The number of carbonyl (C=O) groups excluding carboxylic acids is 1. The molecule has 0 saturated heterocycles. The second kappa shape index (κ2) is 6.31. The zero-order chi connectivity index (χ0) is 15.4. The maximum Gasteiger partial charge on any atom is 0.255 e. The first kappa shape index (κ1) is 14.9. The normalized spacial score (nSPS) is 10.1. The Labute approximate surface area is 124 Å². The molecule has 0 aliphatic heterocycles. The van der Waals surface area contributed by atoms with Gasteiger partial charge in [0, 0.05) is 5.56 Å². The highest BCUT2D eigenvalue weighted by Crippen LogP contribution is 2.26. The number of carbonyl (C=O) groups is 1. The minimum absolute atomic E-state index is 0.176. The van der Waals surface area contributed by atoms with Gasteiger partial charge in [-0.2, -0.15) is 0 Å². The van der Waals surface area contributed by atoms with Crippen molar-refractivity contribution in [1.29, 1.82) is 0 Å². The van der Waals surface area contributed by atoms with Crippen molar-refractivity contribution in [3.63, 3.8) is 0 Å². The molecule has 0 saturated carbocycles. The van der Waals surface area contributed by atoms with Gasteiger partial charge in [-0.15, -0.1) is 0 Å². The summed E-state index contributed by atoms with van der Waals surface area (Å²) >= 11 is 0. The van der Waals surface area contributed by atoms with E-state index in [1.54, 1.807) is 32.4 Å². The number of amides is 1. The number of benzene rings is 2. The average Bonchev–Trinajstić information content (AvgIpc) is 2.47. The standard InChI is InChI=1S/C17H19NO3/c1-11-5-7-16(21-4)14(9-11)18-17(19)13-6-8-15(20-3)12(2)10-13/h5-10H,1-4H3,(H,18,19). The smallest absolute Gasteiger partial charge is 0.255 e. The Kier molecular flexibility index (Phi) is 4.48. The fourth-order valence-corrected chi connectivity index (χ4v) is 2.13. The van der Waals surface area contributed by atoms with E-state index in [0.717, 1.165) is 16.9 Å². The van der Waals surface area contributed by atoms with Gasteiger partial charge >= 0.3 is 0 Å². The number of ether oxygens (including phenoxy) is 2. The highest BCUT2D eigenvalue weighted by Gasteiger charge is 2.11. The SMILES string of the molecule is COc1ccc(C(=O)Nc2cc(C)ccc2OC)cc1C. The van der Waals surface area contributed by atoms with Gasteiger partial charge in [-0.05, 0) is 55.3 Å². The van der Waals surface area contributed by atoms with Gasteiger partial charge in [-0.25, -0.2) is 0 Å². The average molecular weight is 285 g/mol. The summed E-state index contributed by atoms with van der Waals surface area (Å²) in [7, 11) is 3.19. The number of nitrogens with one attached hydrogen (secondary N) is 1. The van der Waals surface area contributed by atoms with E-state index in [9.17, 15) is 4.79 Å². The lowest BCUT2D eigenvalue weighted by atomic mass is 10.1. The van der Waals surface area contributed by atoms with Crippen LogP contribution in [-0.2, 0) is 0 Å². The van der Waals surface area contributed by atoms with Crippen LogP contribution in [0.2, 0.25) is 0 Å². The molecule has 0 heterocycles. The van der Waals surface area contributed by atoms with E-state index < -0.39 is 0 Å². The molecule has 2 rings (SSSR count). The summed E-state index contributed by atoms with van der Waals surface area (Å²) in [5.41, 5.74) is 3.21. The third-order valence-electron chi connectivity index (χ3n) is 3.26. The van der Waals surface area contributed by atoms with Gasteiger partial charge < -0.3 is 14.8 Å². The lowest BCUT2D eigenvalue weighted by Crippen LogP contribution is -2.13. The molecule has 4 nitrogen and oxygen atoms in total. The van der Waals surface area contributed by atoms with Gasteiger partial charge in [-0.1, -0.05) is 6.07 Å². The number of hydrogen-bond donors (Lipinski definition) is 1. The Morgan fingerprint density at radius 1 is 0.952 bits per heavy atom. The molecule has 0 radical (unpaired) electrons. The lowest BCUT2D eigenvalue weighted by molar-refractivity contribution is 0.102. The summed E-state index contributed by atoms with van der Waals surface area (Å²) in [5.74, 6) is 1.23. The minimum Gasteiger partial charge on any atom is -0.496 e. The van der Waals surface area contributed by atoms with Crippen molar-refractivity contribution in [2.24, 2.45) is 0 Å². The molecule has 4 heteroatoms. The van der Waals surface area contributed by atoms with Crippen molar-refractivity contribution in [3.8, 4) is 11.5 Å². The Morgan fingerprint density at radius 3 is 2.24 bits per heavy atom. The molecule has 2 aromatic carbocycles. The third kappa shape index (κ3) is 3.34. The zero-order valence-corrected chi connectivity index (χ0v) is 12.7. The van der Waals surface area contributed by atoms with E-state index in [1.807, 2.05) is 32.0 Å². The molecule has 0 atom stereocenters. The van der Waals surface area contributed by atoms with Crippen LogP contribution >= 0.6 is 0 Å². The summed E-state index contributed by atoms with van der Waals surface area (Å²) in [4.78, 5) is 12.3. The summed E-state index contributed by atoms with van der Waals surface area (Å²) in [5, 5.41) is 2.88. The van der Waals surface area contributed by atoms with Crippen LogP contribution in [0.25, 0.3) is 0 Å². The predicted octanol–water partition coefficient (Wildman–Crippen LogP) is 3.57. The molecule has 0 fully saturated rings. The number of aryl methyl sites for hydroxylation is 2. The molecule has 21 heavy (non-hydrogen) atoms. The van der Waals surface area contributed by atoms with Crippen molar-refractivity contribution in [2.75, 3.05) is 19.5 Å². The van der Waals surface area contributed by atoms with Crippen LogP contribution in [0.3, 0.4) is 0 Å². The maximum atomic E-state index is 12.3. The van der Waals surface area contributed by atoms with Crippen LogP contribution in [0.1, 0.15) is 21.5 Å². The third-order valence-corrected chi connectivity index (χ3v) is 3.26.